The predicted molar refractivity (Wildman–Crippen MR) is 170 cm³/mol. The highest BCUT2D eigenvalue weighted by atomic mass is 16.5. The number of carbonyl (C=O) groups excluding carboxylic acids is 1. The first-order valence-electron chi connectivity index (χ1n) is 15.9. The van der Waals surface area contributed by atoms with Crippen LogP contribution in [0.4, 0.5) is 11.4 Å². The number of hydrogen-bond donors (Lipinski definition) is 2. The largest absolute Gasteiger partial charge is 0.475 e. The first-order valence-corrected chi connectivity index (χ1v) is 15.9. The van der Waals surface area contributed by atoms with Gasteiger partial charge in [-0.2, -0.15) is 10.4 Å². The van der Waals surface area contributed by atoms with Gasteiger partial charge in [-0.05, 0) is 64.4 Å². The molecule has 0 bridgehead atoms. The van der Waals surface area contributed by atoms with Gasteiger partial charge in [0.1, 0.15) is 18.2 Å². The number of anilines is 2. The highest BCUT2D eigenvalue weighted by molar-refractivity contribution is 5.94. The molecule has 4 aliphatic heterocycles. The summed E-state index contributed by atoms with van der Waals surface area (Å²) in [5.74, 6) is 0.576. The van der Waals surface area contributed by atoms with Crippen molar-refractivity contribution in [3.05, 3.63) is 52.4 Å². The number of amides is 1. The van der Waals surface area contributed by atoms with E-state index in [0.29, 0.717) is 56.8 Å². The third-order valence-corrected chi connectivity index (χ3v) is 9.82. The molecule has 6 heterocycles. The number of fused-ring (bicyclic) bond motifs is 2. The van der Waals surface area contributed by atoms with E-state index >= 15 is 0 Å². The van der Waals surface area contributed by atoms with Crippen LogP contribution >= 0.6 is 0 Å². The van der Waals surface area contributed by atoms with Gasteiger partial charge in [0.15, 0.2) is 0 Å². The Balaban J connectivity index is 1.21. The number of piperazine rings is 1. The lowest BCUT2D eigenvalue weighted by molar-refractivity contribution is -0.127. The smallest absolute Gasteiger partial charge is 0.249 e. The number of rotatable bonds is 6. The molecule has 2 fully saturated rings. The van der Waals surface area contributed by atoms with E-state index in [4.69, 9.17) is 9.72 Å². The lowest BCUT2D eigenvalue weighted by Gasteiger charge is -2.40. The number of nitriles is 1. The molecule has 2 saturated heterocycles. The molecular formula is C33H41N9O2. The van der Waals surface area contributed by atoms with E-state index in [1.807, 2.05) is 17.2 Å². The molecule has 11 heteroatoms. The number of hydrogen-bond acceptors (Lipinski definition) is 9. The fourth-order valence-electron chi connectivity index (χ4n) is 7.33. The van der Waals surface area contributed by atoms with E-state index in [9.17, 15) is 10.1 Å². The average molecular weight is 596 g/mol. The van der Waals surface area contributed by atoms with Crippen molar-refractivity contribution >= 4 is 28.2 Å². The van der Waals surface area contributed by atoms with Crippen molar-refractivity contribution in [1.82, 2.24) is 30.3 Å². The SMILES string of the molecule is Cc1ccc2[nH]ncc2c1N1CCc2c(nc(OCC3CCCN3C)c(C#N)c2N2CCN(C(=O)C3=CCNCC3)CC2)C1. The van der Waals surface area contributed by atoms with Crippen LogP contribution in [0, 0.1) is 18.3 Å². The maximum absolute atomic E-state index is 13.2. The molecule has 4 aliphatic rings. The van der Waals surface area contributed by atoms with Gasteiger partial charge in [0.05, 0.1) is 35.3 Å². The van der Waals surface area contributed by atoms with E-state index in [0.717, 1.165) is 85.3 Å². The van der Waals surface area contributed by atoms with E-state index < -0.39 is 0 Å². The minimum Gasteiger partial charge on any atom is -0.475 e. The second-order valence-electron chi connectivity index (χ2n) is 12.5. The van der Waals surface area contributed by atoms with Gasteiger partial charge in [0.25, 0.3) is 0 Å². The fraction of sp³-hybridized carbons (Fsp3) is 0.515. The Hall–Kier alpha value is -4.14. The van der Waals surface area contributed by atoms with E-state index in [2.05, 4.69) is 62.4 Å². The van der Waals surface area contributed by atoms with E-state index in [1.54, 1.807) is 0 Å². The summed E-state index contributed by atoms with van der Waals surface area (Å²) in [7, 11) is 2.13. The van der Waals surface area contributed by atoms with Gasteiger partial charge in [-0.25, -0.2) is 4.98 Å². The predicted octanol–water partition coefficient (Wildman–Crippen LogP) is 2.74. The van der Waals surface area contributed by atoms with Gasteiger partial charge in [-0.1, -0.05) is 12.1 Å². The normalized spacial score (nSPS) is 20.9. The Kier molecular flexibility index (Phi) is 7.87. The summed E-state index contributed by atoms with van der Waals surface area (Å²) in [6, 6.07) is 7.02. The lowest BCUT2D eigenvalue weighted by Crippen LogP contribution is -2.50. The molecule has 1 amide bonds. The summed E-state index contributed by atoms with van der Waals surface area (Å²) in [5, 5.41) is 22.3. The molecular weight excluding hydrogens is 554 g/mol. The van der Waals surface area contributed by atoms with Crippen LogP contribution in [0.25, 0.3) is 10.9 Å². The highest BCUT2D eigenvalue weighted by Crippen LogP contribution is 2.40. The van der Waals surface area contributed by atoms with E-state index in [-0.39, 0.29) is 5.91 Å². The zero-order valence-corrected chi connectivity index (χ0v) is 25.7. The molecule has 1 aromatic carbocycles. The molecule has 1 unspecified atom stereocenters. The number of benzene rings is 1. The van der Waals surface area contributed by atoms with Gasteiger partial charge < -0.3 is 29.7 Å². The van der Waals surface area contributed by atoms with Crippen LogP contribution in [0.3, 0.4) is 0 Å². The van der Waals surface area contributed by atoms with Gasteiger partial charge in [-0.15, -0.1) is 0 Å². The quantitative estimate of drug-likeness (QED) is 0.444. The van der Waals surface area contributed by atoms with Crippen molar-refractivity contribution in [3.8, 4) is 11.9 Å². The maximum Gasteiger partial charge on any atom is 0.249 e. The number of aromatic nitrogens is 3. The minimum absolute atomic E-state index is 0.146. The molecule has 0 radical (unpaired) electrons. The second kappa shape index (κ2) is 12.1. The molecule has 3 aromatic rings. The molecule has 44 heavy (non-hydrogen) atoms. The average Bonchev–Trinajstić information content (AvgIpc) is 3.71. The Morgan fingerprint density at radius 1 is 1.11 bits per heavy atom. The van der Waals surface area contributed by atoms with Crippen LogP contribution in [-0.2, 0) is 17.8 Å². The first kappa shape index (κ1) is 28.6. The van der Waals surface area contributed by atoms with Crippen molar-refractivity contribution in [2.24, 2.45) is 0 Å². The van der Waals surface area contributed by atoms with Gasteiger partial charge in [0, 0.05) is 61.8 Å². The summed E-state index contributed by atoms with van der Waals surface area (Å²) in [6.45, 7) is 9.34. The van der Waals surface area contributed by atoms with Gasteiger partial charge >= 0.3 is 0 Å². The number of aryl methyl sites for hydroxylation is 1. The van der Waals surface area contributed by atoms with Crippen LogP contribution in [-0.4, -0.2) is 103 Å². The van der Waals surface area contributed by atoms with E-state index in [1.165, 1.54) is 11.3 Å². The van der Waals surface area contributed by atoms with Crippen LogP contribution in [0.1, 0.15) is 41.6 Å². The number of nitrogens with zero attached hydrogens (tertiary/aromatic N) is 7. The molecule has 11 nitrogen and oxygen atoms in total. The van der Waals surface area contributed by atoms with Crippen LogP contribution < -0.4 is 19.9 Å². The molecule has 2 N–H and O–H groups in total. The Morgan fingerprint density at radius 3 is 2.73 bits per heavy atom. The van der Waals surface area contributed by atoms with Crippen molar-refractivity contribution in [2.45, 2.75) is 45.2 Å². The number of carbonyl (C=O) groups is 1. The lowest BCUT2D eigenvalue weighted by atomic mass is 9.96. The molecule has 2 aromatic heterocycles. The number of likely N-dealkylation sites (N-methyl/N-ethyl adjacent to an activating group) is 1. The molecule has 230 valence electrons. The molecule has 0 spiro atoms. The summed E-state index contributed by atoms with van der Waals surface area (Å²) in [6.07, 6.45) is 7.70. The minimum atomic E-state index is 0.146. The summed E-state index contributed by atoms with van der Waals surface area (Å²) < 4.78 is 6.43. The number of likely N-dealkylation sites (tertiary alicyclic amines) is 1. The zero-order chi connectivity index (χ0) is 30.2. The van der Waals surface area contributed by atoms with Crippen molar-refractivity contribution in [2.75, 3.05) is 75.8 Å². The first-order chi connectivity index (χ1) is 21.5. The van der Waals surface area contributed by atoms with Crippen molar-refractivity contribution < 1.29 is 9.53 Å². The number of aromatic amines is 1. The molecule has 7 rings (SSSR count). The van der Waals surface area contributed by atoms with Gasteiger partial charge in [0.2, 0.25) is 11.8 Å². The monoisotopic (exact) mass is 595 g/mol. The Bertz CT molecular complexity index is 1630. The summed E-state index contributed by atoms with van der Waals surface area (Å²) >= 11 is 0. The number of ether oxygens (including phenoxy) is 1. The number of nitrogens with one attached hydrogen (secondary N) is 2. The van der Waals surface area contributed by atoms with Gasteiger partial charge in [-0.3, -0.25) is 9.89 Å². The fourth-order valence-corrected chi connectivity index (χ4v) is 7.33. The summed E-state index contributed by atoms with van der Waals surface area (Å²) in [4.78, 5) is 27.3. The van der Waals surface area contributed by atoms with Crippen LogP contribution in [0.15, 0.2) is 30.0 Å². The topological polar surface area (TPSA) is 117 Å². The zero-order valence-electron chi connectivity index (χ0n) is 25.7. The molecule has 1 atom stereocenters. The summed E-state index contributed by atoms with van der Waals surface area (Å²) in [5.41, 5.74) is 7.84. The van der Waals surface area contributed by atoms with Crippen LogP contribution in [0.5, 0.6) is 5.88 Å². The molecule has 0 saturated carbocycles. The molecule has 0 aliphatic carbocycles. The third kappa shape index (κ3) is 5.26. The third-order valence-electron chi connectivity index (χ3n) is 9.82. The number of H-pyrrole nitrogens is 1. The standard InChI is InChI=1S/C33H41N9O2/c1-22-5-6-28-27(19-36-38-28)30(22)42-13-9-25-29(20-42)37-32(44-21-24-4-3-12-39(24)2)26(18-34)31(25)40-14-16-41(17-15-40)33(43)23-7-10-35-11-8-23/h5-7,19,24,35H,3-4,8-17,20-21H2,1-2H3,(H,36,38). The Morgan fingerprint density at radius 2 is 1.98 bits per heavy atom. The number of pyridine rings is 1. The van der Waals surface area contributed by atoms with Crippen molar-refractivity contribution in [1.29, 1.82) is 5.26 Å². The highest BCUT2D eigenvalue weighted by Gasteiger charge is 2.33. The van der Waals surface area contributed by atoms with Crippen LogP contribution in [0.2, 0.25) is 0 Å². The van der Waals surface area contributed by atoms with Crippen molar-refractivity contribution in [3.63, 3.8) is 0 Å². The Labute approximate surface area is 258 Å². The second-order valence-corrected chi connectivity index (χ2v) is 12.5. The maximum atomic E-state index is 13.2.